The molecule has 6 heteroatoms. The number of ether oxygens (including phenoxy) is 1. The van der Waals surface area contributed by atoms with Crippen LogP contribution in [-0.2, 0) is 11.3 Å². The van der Waals surface area contributed by atoms with Gasteiger partial charge in [0.1, 0.15) is 29.6 Å². The Bertz CT molecular complexity index is 1210. The van der Waals surface area contributed by atoms with Gasteiger partial charge in [-0.25, -0.2) is 9.79 Å². The lowest BCUT2D eigenvalue weighted by Crippen LogP contribution is -2.04. The van der Waals surface area contributed by atoms with E-state index in [9.17, 15) is 9.90 Å². The summed E-state index contributed by atoms with van der Waals surface area (Å²) < 4.78 is 11.1. The van der Waals surface area contributed by atoms with Gasteiger partial charge in [-0.2, -0.15) is 0 Å². The zero-order valence-corrected chi connectivity index (χ0v) is 17.1. The number of benzene rings is 3. The molecule has 154 valence electrons. The fourth-order valence-corrected chi connectivity index (χ4v) is 3.05. The zero-order valence-electron chi connectivity index (χ0n) is 16.4. The van der Waals surface area contributed by atoms with E-state index < -0.39 is 0 Å². The first-order chi connectivity index (χ1) is 15.1. The maximum absolute atomic E-state index is 12.2. The Kier molecular flexibility index (Phi) is 6.15. The van der Waals surface area contributed by atoms with Crippen molar-refractivity contribution >= 4 is 29.5 Å². The first-order valence-corrected chi connectivity index (χ1v) is 9.90. The van der Waals surface area contributed by atoms with Crippen molar-refractivity contribution in [2.75, 3.05) is 0 Å². The van der Waals surface area contributed by atoms with Gasteiger partial charge in [0.15, 0.2) is 0 Å². The van der Waals surface area contributed by atoms with Crippen LogP contribution < -0.4 is 0 Å². The van der Waals surface area contributed by atoms with Crippen molar-refractivity contribution in [3.8, 4) is 17.1 Å². The number of phenols is 1. The number of halogens is 1. The molecule has 1 N–H and O–H groups in total. The van der Waals surface area contributed by atoms with Crippen molar-refractivity contribution in [1.29, 1.82) is 0 Å². The molecule has 0 saturated heterocycles. The number of esters is 1. The summed E-state index contributed by atoms with van der Waals surface area (Å²) in [5.41, 5.74) is 2.56. The van der Waals surface area contributed by atoms with Crippen LogP contribution in [0.5, 0.6) is 5.75 Å². The van der Waals surface area contributed by atoms with Crippen molar-refractivity contribution in [2.45, 2.75) is 6.61 Å². The van der Waals surface area contributed by atoms with Crippen LogP contribution in [-0.4, -0.2) is 17.3 Å². The predicted molar refractivity (Wildman–Crippen MR) is 120 cm³/mol. The van der Waals surface area contributed by atoms with Gasteiger partial charge in [0.05, 0.1) is 11.8 Å². The van der Waals surface area contributed by atoms with E-state index >= 15 is 0 Å². The maximum Gasteiger partial charge on any atom is 0.338 e. The highest BCUT2D eigenvalue weighted by Crippen LogP contribution is 2.29. The monoisotopic (exact) mass is 431 g/mol. The summed E-state index contributed by atoms with van der Waals surface area (Å²) in [5.74, 6) is 0.785. The molecule has 0 aliphatic carbocycles. The molecule has 0 bridgehead atoms. The van der Waals surface area contributed by atoms with Gasteiger partial charge in [-0.3, -0.25) is 0 Å². The number of hydrogen-bond donors (Lipinski definition) is 1. The Morgan fingerprint density at radius 3 is 2.55 bits per heavy atom. The van der Waals surface area contributed by atoms with Crippen molar-refractivity contribution in [3.63, 3.8) is 0 Å². The van der Waals surface area contributed by atoms with Crippen LogP contribution in [0.1, 0.15) is 21.7 Å². The van der Waals surface area contributed by atoms with Crippen LogP contribution in [0, 0.1) is 0 Å². The van der Waals surface area contributed by atoms with Crippen LogP contribution >= 0.6 is 11.6 Å². The van der Waals surface area contributed by atoms with Crippen molar-refractivity contribution < 1.29 is 19.1 Å². The van der Waals surface area contributed by atoms with Gasteiger partial charge in [0.2, 0.25) is 0 Å². The Labute approximate surface area is 184 Å². The number of hydrogen-bond acceptors (Lipinski definition) is 5. The Hall–Kier alpha value is -3.83. The van der Waals surface area contributed by atoms with E-state index in [2.05, 4.69) is 4.99 Å². The summed E-state index contributed by atoms with van der Waals surface area (Å²) in [7, 11) is 0. The lowest BCUT2D eigenvalue weighted by molar-refractivity contribution is 0.0472. The summed E-state index contributed by atoms with van der Waals surface area (Å²) >= 11 is 5.93. The molecule has 3 aromatic carbocycles. The lowest BCUT2D eigenvalue weighted by Gasteiger charge is -2.05. The first kappa shape index (κ1) is 20.4. The van der Waals surface area contributed by atoms with E-state index in [1.807, 2.05) is 36.4 Å². The molecule has 0 spiro atoms. The second kappa shape index (κ2) is 9.32. The molecule has 31 heavy (non-hydrogen) atoms. The van der Waals surface area contributed by atoms with Crippen LogP contribution in [0.25, 0.3) is 11.3 Å². The summed E-state index contributed by atoms with van der Waals surface area (Å²) in [5, 5.41) is 10.3. The van der Waals surface area contributed by atoms with Crippen LogP contribution in [0.3, 0.4) is 0 Å². The first-order valence-electron chi connectivity index (χ1n) is 9.52. The van der Waals surface area contributed by atoms with E-state index in [1.165, 1.54) is 12.3 Å². The second-order valence-corrected chi connectivity index (χ2v) is 7.17. The molecule has 0 fully saturated rings. The minimum atomic E-state index is -0.385. The van der Waals surface area contributed by atoms with Crippen LogP contribution in [0.15, 0.2) is 94.3 Å². The van der Waals surface area contributed by atoms with E-state index in [4.69, 9.17) is 20.8 Å². The number of phenolic OH excluding ortho intramolecular Hbond substituents is 1. The SMILES string of the molecule is O=C(OCc1ccccc1)c1ccc(-c2ccc(C=Nc3cc(Cl)ccc3O)o2)cc1. The summed E-state index contributed by atoms with van der Waals surface area (Å²) in [4.78, 5) is 16.5. The van der Waals surface area contributed by atoms with E-state index in [-0.39, 0.29) is 18.3 Å². The lowest BCUT2D eigenvalue weighted by atomic mass is 10.1. The maximum atomic E-state index is 12.2. The van der Waals surface area contributed by atoms with Crippen molar-refractivity contribution in [3.05, 3.63) is 107 Å². The number of furan rings is 1. The number of aromatic hydroxyl groups is 1. The molecule has 4 aromatic rings. The number of carbonyl (C=O) groups excluding carboxylic acids is 1. The molecule has 0 radical (unpaired) electrons. The number of nitrogens with zero attached hydrogens (tertiary/aromatic N) is 1. The fourth-order valence-electron chi connectivity index (χ4n) is 2.89. The minimum absolute atomic E-state index is 0.0298. The normalized spacial score (nSPS) is 11.0. The highest BCUT2D eigenvalue weighted by molar-refractivity contribution is 6.30. The molecule has 0 atom stereocenters. The fraction of sp³-hybridized carbons (Fsp3) is 0.0400. The third-order valence-electron chi connectivity index (χ3n) is 4.51. The molecule has 5 nitrogen and oxygen atoms in total. The van der Waals surface area contributed by atoms with E-state index in [1.54, 1.807) is 42.5 Å². The molecule has 0 saturated carbocycles. The molecule has 0 aliphatic heterocycles. The molecule has 0 unspecified atom stereocenters. The highest BCUT2D eigenvalue weighted by atomic mass is 35.5. The van der Waals surface area contributed by atoms with Gasteiger partial charge in [-0.15, -0.1) is 0 Å². The van der Waals surface area contributed by atoms with Crippen LogP contribution in [0.2, 0.25) is 5.02 Å². The van der Waals surface area contributed by atoms with Gasteiger partial charge in [0, 0.05) is 10.6 Å². The third-order valence-corrected chi connectivity index (χ3v) is 4.75. The zero-order chi connectivity index (χ0) is 21.6. The van der Waals surface area contributed by atoms with E-state index in [0.29, 0.717) is 27.8 Å². The van der Waals surface area contributed by atoms with E-state index in [0.717, 1.165) is 11.1 Å². The molecular weight excluding hydrogens is 414 g/mol. The number of carbonyl (C=O) groups is 1. The number of aliphatic imine (C=N–C) groups is 1. The highest BCUT2D eigenvalue weighted by Gasteiger charge is 2.10. The molecule has 4 rings (SSSR count). The Balaban J connectivity index is 1.41. The molecule has 0 aliphatic rings. The van der Waals surface area contributed by atoms with Gasteiger partial charge in [-0.1, -0.05) is 54.1 Å². The molecular formula is C25H18ClNO4. The predicted octanol–water partition coefficient (Wildman–Crippen LogP) is 6.41. The molecule has 1 aromatic heterocycles. The smallest absolute Gasteiger partial charge is 0.338 e. The largest absolute Gasteiger partial charge is 0.506 e. The third kappa shape index (κ3) is 5.21. The van der Waals surface area contributed by atoms with Gasteiger partial charge >= 0.3 is 5.97 Å². The van der Waals surface area contributed by atoms with Gasteiger partial charge in [0.25, 0.3) is 0 Å². The quantitative estimate of drug-likeness (QED) is 0.282. The average molecular weight is 432 g/mol. The minimum Gasteiger partial charge on any atom is -0.506 e. The second-order valence-electron chi connectivity index (χ2n) is 6.73. The number of rotatable bonds is 6. The molecule has 0 amide bonds. The summed E-state index contributed by atoms with van der Waals surface area (Å²) in [6, 6.07) is 24.7. The van der Waals surface area contributed by atoms with Gasteiger partial charge in [-0.05, 0) is 48.0 Å². The summed E-state index contributed by atoms with van der Waals surface area (Å²) in [6.07, 6.45) is 1.50. The van der Waals surface area contributed by atoms with Gasteiger partial charge < -0.3 is 14.3 Å². The van der Waals surface area contributed by atoms with Crippen molar-refractivity contribution in [2.24, 2.45) is 4.99 Å². The molecule has 1 heterocycles. The standard InChI is InChI=1S/C25H18ClNO4/c26-20-10-12-23(28)22(14-20)27-15-21-11-13-24(31-21)18-6-8-19(9-7-18)25(29)30-16-17-4-2-1-3-5-17/h1-15,28H,16H2. The summed E-state index contributed by atoms with van der Waals surface area (Å²) in [6.45, 7) is 0.227. The Morgan fingerprint density at radius 2 is 1.77 bits per heavy atom. The topological polar surface area (TPSA) is 72.0 Å². The van der Waals surface area contributed by atoms with Crippen molar-refractivity contribution in [1.82, 2.24) is 0 Å². The Morgan fingerprint density at radius 1 is 1.00 bits per heavy atom. The average Bonchev–Trinajstić information content (AvgIpc) is 3.28. The van der Waals surface area contributed by atoms with Crippen LogP contribution in [0.4, 0.5) is 5.69 Å².